The highest BCUT2D eigenvalue weighted by Gasteiger charge is 2.27. The van der Waals surface area contributed by atoms with Crippen LogP contribution in [0.1, 0.15) is 25.1 Å². The van der Waals surface area contributed by atoms with Crippen LogP contribution in [0.25, 0.3) is 0 Å². The van der Waals surface area contributed by atoms with Crippen LogP contribution >= 0.6 is 11.8 Å². The van der Waals surface area contributed by atoms with Gasteiger partial charge in [-0.05, 0) is 18.6 Å². The van der Waals surface area contributed by atoms with Gasteiger partial charge in [-0.25, -0.2) is 0 Å². The molecule has 0 saturated carbocycles. The Morgan fingerprint density at radius 1 is 1.41 bits per heavy atom. The standard InChI is InChI=1S/C13H21N3S/c1-2-11(14)13(12-5-3-4-6-15-12)16-7-9-17-10-8-16/h3-6,11,13H,2,7-10,14H2,1H3. The molecule has 2 rings (SSSR count). The molecule has 1 saturated heterocycles. The summed E-state index contributed by atoms with van der Waals surface area (Å²) in [7, 11) is 0. The van der Waals surface area contributed by atoms with Crippen LogP contribution in [0.15, 0.2) is 24.4 Å². The smallest absolute Gasteiger partial charge is 0.0674 e. The van der Waals surface area contributed by atoms with Gasteiger partial charge >= 0.3 is 0 Å². The van der Waals surface area contributed by atoms with Gasteiger partial charge in [-0.15, -0.1) is 0 Å². The molecule has 1 aliphatic rings. The molecule has 3 nitrogen and oxygen atoms in total. The van der Waals surface area contributed by atoms with Gasteiger partial charge in [0.2, 0.25) is 0 Å². The van der Waals surface area contributed by atoms with E-state index in [1.807, 2.05) is 24.0 Å². The van der Waals surface area contributed by atoms with Crippen molar-refractivity contribution in [3.63, 3.8) is 0 Å². The minimum absolute atomic E-state index is 0.174. The average Bonchev–Trinajstić information content (AvgIpc) is 2.41. The van der Waals surface area contributed by atoms with Crippen molar-refractivity contribution in [2.45, 2.75) is 25.4 Å². The summed E-state index contributed by atoms with van der Waals surface area (Å²) in [6, 6.07) is 6.57. The molecule has 1 aromatic rings. The van der Waals surface area contributed by atoms with Crippen molar-refractivity contribution in [2.24, 2.45) is 5.73 Å². The zero-order valence-corrected chi connectivity index (χ0v) is 11.2. The molecule has 0 aliphatic carbocycles. The normalized spacial score (nSPS) is 21.1. The SMILES string of the molecule is CCC(N)C(c1ccccn1)N1CCSCC1. The Morgan fingerprint density at radius 3 is 2.76 bits per heavy atom. The maximum Gasteiger partial charge on any atom is 0.0674 e. The van der Waals surface area contributed by atoms with Gasteiger partial charge in [0.1, 0.15) is 0 Å². The minimum Gasteiger partial charge on any atom is -0.326 e. The van der Waals surface area contributed by atoms with E-state index >= 15 is 0 Å². The molecule has 94 valence electrons. The van der Waals surface area contributed by atoms with Crippen molar-refractivity contribution >= 4 is 11.8 Å². The molecule has 0 radical (unpaired) electrons. The Balaban J connectivity index is 2.18. The third kappa shape index (κ3) is 3.21. The van der Waals surface area contributed by atoms with E-state index in [9.17, 15) is 0 Å². The molecule has 0 spiro atoms. The molecule has 0 amide bonds. The molecular formula is C13H21N3S. The summed E-state index contributed by atoms with van der Waals surface area (Å²) in [5, 5.41) is 0. The van der Waals surface area contributed by atoms with Crippen molar-refractivity contribution in [3.05, 3.63) is 30.1 Å². The van der Waals surface area contributed by atoms with E-state index in [-0.39, 0.29) is 12.1 Å². The molecule has 1 aliphatic heterocycles. The first-order valence-electron chi connectivity index (χ1n) is 6.31. The molecule has 1 aromatic heterocycles. The van der Waals surface area contributed by atoms with Crippen LogP contribution in [0.2, 0.25) is 0 Å². The number of hydrogen-bond donors (Lipinski definition) is 1. The zero-order valence-electron chi connectivity index (χ0n) is 10.4. The largest absolute Gasteiger partial charge is 0.326 e. The van der Waals surface area contributed by atoms with Gasteiger partial charge in [0.15, 0.2) is 0 Å². The van der Waals surface area contributed by atoms with Crippen molar-refractivity contribution in [3.8, 4) is 0 Å². The van der Waals surface area contributed by atoms with E-state index in [4.69, 9.17) is 5.73 Å². The summed E-state index contributed by atoms with van der Waals surface area (Å²) in [4.78, 5) is 6.99. The van der Waals surface area contributed by atoms with E-state index in [0.717, 1.165) is 25.2 Å². The number of nitrogens with zero attached hydrogens (tertiary/aromatic N) is 2. The molecule has 2 unspecified atom stereocenters. The van der Waals surface area contributed by atoms with Crippen molar-refractivity contribution in [1.29, 1.82) is 0 Å². The summed E-state index contributed by atoms with van der Waals surface area (Å²) in [6.45, 7) is 4.40. The van der Waals surface area contributed by atoms with Gasteiger partial charge in [0, 0.05) is 36.8 Å². The quantitative estimate of drug-likeness (QED) is 0.887. The predicted octanol–water partition coefficient (Wildman–Crippen LogP) is 1.91. The first-order valence-corrected chi connectivity index (χ1v) is 7.46. The maximum absolute atomic E-state index is 6.29. The second-order valence-corrected chi connectivity index (χ2v) is 5.64. The average molecular weight is 251 g/mol. The van der Waals surface area contributed by atoms with Crippen molar-refractivity contribution in [1.82, 2.24) is 9.88 Å². The summed E-state index contributed by atoms with van der Waals surface area (Å²) < 4.78 is 0. The Morgan fingerprint density at radius 2 is 2.18 bits per heavy atom. The Bertz CT molecular complexity index is 325. The summed E-state index contributed by atoms with van der Waals surface area (Å²) in [5.74, 6) is 2.42. The molecule has 4 heteroatoms. The molecule has 17 heavy (non-hydrogen) atoms. The molecule has 0 aromatic carbocycles. The lowest BCUT2D eigenvalue weighted by Gasteiger charge is -2.37. The Labute approximate surface area is 108 Å². The lowest BCUT2D eigenvalue weighted by Crippen LogP contribution is -2.44. The third-order valence-corrected chi connectivity index (χ3v) is 4.25. The van der Waals surface area contributed by atoms with Gasteiger partial charge in [0.25, 0.3) is 0 Å². The summed E-state index contributed by atoms with van der Waals surface area (Å²) in [6.07, 6.45) is 2.86. The fraction of sp³-hybridized carbons (Fsp3) is 0.615. The third-order valence-electron chi connectivity index (χ3n) is 3.31. The zero-order chi connectivity index (χ0) is 12.1. The monoisotopic (exact) mass is 251 g/mol. The first kappa shape index (κ1) is 12.9. The number of hydrogen-bond acceptors (Lipinski definition) is 4. The number of nitrogens with two attached hydrogens (primary N) is 1. The van der Waals surface area contributed by atoms with Crippen molar-refractivity contribution in [2.75, 3.05) is 24.6 Å². The van der Waals surface area contributed by atoms with Crippen LogP contribution in [-0.4, -0.2) is 40.5 Å². The molecule has 2 atom stereocenters. The van der Waals surface area contributed by atoms with Gasteiger partial charge in [-0.3, -0.25) is 9.88 Å². The van der Waals surface area contributed by atoms with Crippen molar-refractivity contribution < 1.29 is 0 Å². The van der Waals surface area contributed by atoms with Gasteiger partial charge in [-0.2, -0.15) is 11.8 Å². The topological polar surface area (TPSA) is 42.1 Å². The second kappa shape index (κ2) is 6.38. The lowest BCUT2D eigenvalue weighted by atomic mass is 10.0. The fourth-order valence-electron chi connectivity index (χ4n) is 2.31. The maximum atomic E-state index is 6.29. The van der Waals surface area contributed by atoms with E-state index in [1.165, 1.54) is 11.5 Å². The highest BCUT2D eigenvalue weighted by atomic mass is 32.2. The molecule has 1 fully saturated rings. The van der Waals surface area contributed by atoms with E-state index in [0.29, 0.717) is 0 Å². The van der Waals surface area contributed by atoms with Crippen LogP contribution in [0, 0.1) is 0 Å². The molecule has 0 bridgehead atoms. The van der Waals surface area contributed by atoms with Crippen LogP contribution in [0.3, 0.4) is 0 Å². The van der Waals surface area contributed by atoms with Gasteiger partial charge in [-0.1, -0.05) is 13.0 Å². The fourth-order valence-corrected chi connectivity index (χ4v) is 3.24. The molecule has 2 heterocycles. The second-order valence-electron chi connectivity index (χ2n) is 4.42. The Kier molecular flexibility index (Phi) is 4.83. The summed E-state index contributed by atoms with van der Waals surface area (Å²) >= 11 is 2.03. The van der Waals surface area contributed by atoms with Crippen LogP contribution < -0.4 is 5.73 Å². The minimum atomic E-state index is 0.174. The molecular weight excluding hydrogens is 230 g/mol. The number of pyridine rings is 1. The summed E-state index contributed by atoms with van der Waals surface area (Å²) in [5.41, 5.74) is 7.41. The van der Waals surface area contributed by atoms with Crippen LogP contribution in [-0.2, 0) is 0 Å². The highest BCUT2D eigenvalue weighted by Crippen LogP contribution is 2.26. The van der Waals surface area contributed by atoms with Crippen LogP contribution in [0.4, 0.5) is 0 Å². The number of aromatic nitrogens is 1. The molecule has 2 N–H and O–H groups in total. The number of rotatable bonds is 4. The predicted molar refractivity (Wildman–Crippen MR) is 74.1 cm³/mol. The lowest BCUT2D eigenvalue weighted by molar-refractivity contribution is 0.182. The Hall–Kier alpha value is -0.580. The number of thioether (sulfide) groups is 1. The van der Waals surface area contributed by atoms with Gasteiger partial charge in [0.05, 0.1) is 11.7 Å². The first-order chi connectivity index (χ1) is 8.33. The highest BCUT2D eigenvalue weighted by molar-refractivity contribution is 7.99. The van der Waals surface area contributed by atoms with E-state index in [1.54, 1.807) is 0 Å². The van der Waals surface area contributed by atoms with Crippen LogP contribution in [0.5, 0.6) is 0 Å². The van der Waals surface area contributed by atoms with Gasteiger partial charge < -0.3 is 5.73 Å². The van der Waals surface area contributed by atoms with E-state index < -0.39 is 0 Å². The van der Waals surface area contributed by atoms with E-state index in [2.05, 4.69) is 28.9 Å².